The Balaban J connectivity index is 1.35. The maximum atomic E-state index is 12.4. The number of benzene rings is 3. The summed E-state index contributed by atoms with van der Waals surface area (Å²) >= 11 is 5.09. The number of carbonyl (C=O) groups is 2. The zero-order valence-corrected chi connectivity index (χ0v) is 19.7. The van der Waals surface area contributed by atoms with Gasteiger partial charge in [-0.15, -0.1) is 0 Å². The van der Waals surface area contributed by atoms with E-state index in [2.05, 4.69) is 33.6 Å². The van der Waals surface area contributed by atoms with Crippen LogP contribution in [0, 0.1) is 0 Å². The number of thiocarbonyl (C=S) groups is 1. The molecule has 8 heteroatoms. The van der Waals surface area contributed by atoms with Crippen LogP contribution in [0.15, 0.2) is 84.9 Å². The van der Waals surface area contributed by atoms with Crippen LogP contribution in [0.25, 0.3) is 0 Å². The molecule has 3 aromatic carbocycles. The van der Waals surface area contributed by atoms with Gasteiger partial charge in [0.15, 0.2) is 5.11 Å². The maximum absolute atomic E-state index is 12.4. The van der Waals surface area contributed by atoms with Gasteiger partial charge < -0.3 is 10.1 Å². The number of hydrogen-bond acceptors (Lipinski definition) is 5. The van der Waals surface area contributed by atoms with E-state index in [1.807, 2.05) is 55.5 Å². The van der Waals surface area contributed by atoms with E-state index < -0.39 is 5.91 Å². The summed E-state index contributed by atoms with van der Waals surface area (Å²) in [4.78, 5) is 24.4. The quantitative estimate of drug-likeness (QED) is 0.280. The molecule has 0 bridgehead atoms. The summed E-state index contributed by atoms with van der Waals surface area (Å²) in [6.07, 6.45) is 0.801. The van der Waals surface area contributed by atoms with Gasteiger partial charge in [0, 0.05) is 18.0 Å². The van der Waals surface area contributed by atoms with Crippen LogP contribution in [0.5, 0.6) is 5.75 Å². The Morgan fingerprint density at radius 3 is 2.21 bits per heavy atom. The Kier molecular flexibility index (Phi) is 9.57. The molecule has 1 unspecified atom stereocenters. The normalized spacial score (nSPS) is 11.2. The van der Waals surface area contributed by atoms with Crippen LogP contribution in [0.4, 0.5) is 0 Å². The van der Waals surface area contributed by atoms with Crippen molar-refractivity contribution in [1.29, 1.82) is 0 Å². The Bertz CT molecular complexity index is 1080. The molecular formula is C26H28N4O3S. The average molecular weight is 477 g/mol. The van der Waals surface area contributed by atoms with Crippen molar-refractivity contribution in [3.63, 3.8) is 0 Å². The van der Waals surface area contributed by atoms with Gasteiger partial charge in [0.25, 0.3) is 11.8 Å². The van der Waals surface area contributed by atoms with E-state index in [1.54, 1.807) is 24.3 Å². The molecule has 7 nitrogen and oxygen atoms in total. The third-order valence-electron chi connectivity index (χ3n) is 5.03. The Hall–Kier alpha value is -3.75. The SMILES string of the molecule is CC(NCC(=O)NNC(=S)NC(=O)c1ccc(OCCc2ccccc2)cc1)c1ccccc1. The molecule has 1 atom stereocenters. The summed E-state index contributed by atoms with van der Waals surface area (Å²) in [6, 6.07) is 26.7. The number of nitrogens with one attached hydrogen (secondary N) is 4. The summed E-state index contributed by atoms with van der Waals surface area (Å²) in [7, 11) is 0. The van der Waals surface area contributed by atoms with Crippen molar-refractivity contribution in [3.8, 4) is 5.75 Å². The number of carbonyl (C=O) groups excluding carboxylic acids is 2. The molecular weight excluding hydrogens is 448 g/mol. The highest BCUT2D eigenvalue weighted by atomic mass is 32.1. The van der Waals surface area contributed by atoms with Crippen molar-refractivity contribution < 1.29 is 14.3 Å². The third-order valence-corrected chi connectivity index (χ3v) is 5.23. The molecule has 0 saturated heterocycles. The van der Waals surface area contributed by atoms with Crippen molar-refractivity contribution in [2.24, 2.45) is 0 Å². The lowest BCUT2D eigenvalue weighted by Crippen LogP contribution is -2.50. The lowest BCUT2D eigenvalue weighted by Gasteiger charge is -2.15. The molecule has 0 aromatic heterocycles. The Morgan fingerprint density at radius 1 is 0.882 bits per heavy atom. The second kappa shape index (κ2) is 13.1. The predicted molar refractivity (Wildman–Crippen MR) is 136 cm³/mol. The Morgan fingerprint density at radius 2 is 1.53 bits per heavy atom. The van der Waals surface area contributed by atoms with Gasteiger partial charge in [-0.05, 0) is 54.5 Å². The zero-order valence-electron chi connectivity index (χ0n) is 18.9. The van der Waals surface area contributed by atoms with Crippen LogP contribution in [0.3, 0.4) is 0 Å². The minimum atomic E-state index is -0.390. The van der Waals surface area contributed by atoms with E-state index in [1.165, 1.54) is 5.56 Å². The second-order valence-corrected chi connectivity index (χ2v) is 7.99. The molecule has 4 N–H and O–H groups in total. The van der Waals surface area contributed by atoms with E-state index in [4.69, 9.17) is 17.0 Å². The molecule has 0 saturated carbocycles. The lowest BCUT2D eigenvalue weighted by atomic mass is 10.1. The first-order valence-electron chi connectivity index (χ1n) is 11.0. The first-order valence-corrected chi connectivity index (χ1v) is 11.4. The fourth-order valence-electron chi connectivity index (χ4n) is 3.12. The molecule has 0 aliphatic carbocycles. The highest BCUT2D eigenvalue weighted by molar-refractivity contribution is 7.80. The van der Waals surface area contributed by atoms with Crippen molar-refractivity contribution in [1.82, 2.24) is 21.5 Å². The molecule has 0 fully saturated rings. The lowest BCUT2D eigenvalue weighted by molar-refractivity contribution is -0.120. The Labute approximate surface area is 204 Å². The fraction of sp³-hybridized carbons (Fsp3) is 0.192. The number of rotatable bonds is 9. The van der Waals surface area contributed by atoms with Crippen LogP contribution in [0.1, 0.15) is 34.5 Å². The highest BCUT2D eigenvalue weighted by Crippen LogP contribution is 2.13. The molecule has 34 heavy (non-hydrogen) atoms. The maximum Gasteiger partial charge on any atom is 0.257 e. The van der Waals surface area contributed by atoms with Crippen molar-refractivity contribution in [2.45, 2.75) is 19.4 Å². The molecule has 0 aliphatic rings. The van der Waals surface area contributed by atoms with Crippen LogP contribution in [-0.2, 0) is 11.2 Å². The number of hydrogen-bond donors (Lipinski definition) is 4. The zero-order chi connectivity index (χ0) is 24.2. The van der Waals surface area contributed by atoms with Gasteiger partial charge in [-0.3, -0.25) is 25.8 Å². The topological polar surface area (TPSA) is 91.5 Å². The van der Waals surface area contributed by atoms with Crippen LogP contribution in [-0.4, -0.2) is 30.1 Å². The summed E-state index contributed by atoms with van der Waals surface area (Å²) in [5.74, 6) is -0.0209. The van der Waals surface area contributed by atoms with E-state index in [0.29, 0.717) is 17.9 Å². The molecule has 0 aliphatic heterocycles. The van der Waals surface area contributed by atoms with Gasteiger partial charge in [-0.2, -0.15) is 0 Å². The fourth-order valence-corrected chi connectivity index (χ4v) is 3.26. The molecule has 0 spiro atoms. The summed E-state index contributed by atoms with van der Waals surface area (Å²) in [6.45, 7) is 2.61. The predicted octanol–water partition coefficient (Wildman–Crippen LogP) is 3.29. The summed E-state index contributed by atoms with van der Waals surface area (Å²) < 4.78 is 5.74. The van der Waals surface area contributed by atoms with Crippen molar-refractivity contribution >= 4 is 29.1 Å². The second-order valence-electron chi connectivity index (χ2n) is 7.58. The van der Waals surface area contributed by atoms with Gasteiger partial charge in [0.1, 0.15) is 5.75 Å². The van der Waals surface area contributed by atoms with Gasteiger partial charge >= 0.3 is 0 Å². The summed E-state index contributed by atoms with van der Waals surface area (Å²) in [5, 5.41) is 5.65. The molecule has 0 heterocycles. The molecule has 3 rings (SSSR count). The van der Waals surface area contributed by atoms with E-state index in [-0.39, 0.29) is 23.6 Å². The third kappa shape index (κ3) is 8.31. The first-order chi connectivity index (χ1) is 16.5. The van der Waals surface area contributed by atoms with Crippen molar-refractivity contribution in [2.75, 3.05) is 13.2 Å². The number of hydrazine groups is 1. The number of ether oxygens (including phenoxy) is 1. The number of amides is 2. The highest BCUT2D eigenvalue weighted by Gasteiger charge is 2.10. The van der Waals surface area contributed by atoms with Gasteiger partial charge in [-0.1, -0.05) is 60.7 Å². The summed E-state index contributed by atoms with van der Waals surface area (Å²) in [5.41, 5.74) is 7.71. The van der Waals surface area contributed by atoms with Crippen molar-refractivity contribution in [3.05, 3.63) is 102 Å². The molecule has 0 radical (unpaired) electrons. The van der Waals surface area contributed by atoms with Gasteiger partial charge in [-0.25, -0.2) is 0 Å². The van der Waals surface area contributed by atoms with Crippen LogP contribution in [0.2, 0.25) is 0 Å². The molecule has 2 amide bonds. The molecule has 176 valence electrons. The average Bonchev–Trinajstić information content (AvgIpc) is 2.87. The minimum absolute atomic E-state index is 0.00218. The monoisotopic (exact) mass is 476 g/mol. The van der Waals surface area contributed by atoms with E-state index in [0.717, 1.165) is 12.0 Å². The largest absolute Gasteiger partial charge is 0.493 e. The van der Waals surface area contributed by atoms with Gasteiger partial charge in [0.05, 0.1) is 13.2 Å². The smallest absolute Gasteiger partial charge is 0.257 e. The van der Waals surface area contributed by atoms with E-state index >= 15 is 0 Å². The van der Waals surface area contributed by atoms with E-state index in [9.17, 15) is 9.59 Å². The van der Waals surface area contributed by atoms with Crippen LogP contribution >= 0.6 is 12.2 Å². The first kappa shape index (κ1) is 24.9. The minimum Gasteiger partial charge on any atom is -0.493 e. The standard InChI is InChI=1S/C26H28N4O3S/c1-19(21-10-6-3-7-11-21)27-18-24(31)29-30-26(34)28-25(32)22-12-14-23(15-13-22)33-17-16-20-8-4-2-5-9-20/h2-15,19,27H,16-18H2,1H3,(H,29,31)(H2,28,30,32,34). The van der Waals surface area contributed by atoms with Crippen LogP contribution < -0.4 is 26.2 Å². The molecule has 3 aromatic rings. The van der Waals surface area contributed by atoms with Gasteiger partial charge in [0.2, 0.25) is 0 Å².